The Morgan fingerprint density at radius 3 is 1.44 bits per heavy atom. The molecule has 3 nitrogen and oxygen atoms in total. The zero-order chi connectivity index (χ0) is 34.2. The molecule has 0 saturated carbocycles. The Morgan fingerprint density at radius 2 is 0.827 bits per heavy atom. The SMILES string of the molecule is c1ccc(-c2ccc(-c3nc(-c4cccnc4)cc(-c4cc5ccc6cccc7c8cccc9ccc%10cccc(c(c4)c5c67)c%10c98)n3)cc2)cc1. The Kier molecular flexibility index (Phi) is 6.25. The molecule has 0 aliphatic rings. The molecule has 0 N–H and O–H groups in total. The summed E-state index contributed by atoms with van der Waals surface area (Å²) in [5, 5.41) is 15.1. The lowest BCUT2D eigenvalue weighted by Gasteiger charge is -2.17. The molecular formula is C49H29N3. The van der Waals surface area contributed by atoms with Gasteiger partial charge in [0.1, 0.15) is 0 Å². The largest absolute Gasteiger partial charge is 0.264 e. The molecule has 2 aromatic heterocycles. The Morgan fingerprint density at radius 1 is 0.308 bits per heavy atom. The average Bonchev–Trinajstić information content (AvgIpc) is 3.22. The molecule has 3 heteroatoms. The number of rotatable bonds is 4. The molecule has 11 rings (SSSR count). The van der Waals surface area contributed by atoms with E-state index in [2.05, 4.69) is 157 Å². The molecule has 9 aromatic carbocycles. The fourth-order valence-corrected chi connectivity index (χ4v) is 8.26. The van der Waals surface area contributed by atoms with Gasteiger partial charge in [-0.2, -0.15) is 0 Å². The van der Waals surface area contributed by atoms with Crippen molar-refractivity contribution in [2.75, 3.05) is 0 Å². The number of hydrogen-bond acceptors (Lipinski definition) is 3. The minimum Gasteiger partial charge on any atom is -0.264 e. The van der Waals surface area contributed by atoms with Crippen LogP contribution in [-0.2, 0) is 0 Å². The summed E-state index contributed by atoms with van der Waals surface area (Å²) in [6, 6.07) is 59.0. The summed E-state index contributed by atoms with van der Waals surface area (Å²) < 4.78 is 0. The number of pyridine rings is 1. The van der Waals surface area contributed by atoms with Crippen molar-refractivity contribution in [3.05, 3.63) is 176 Å². The Balaban J connectivity index is 1.23. The number of hydrogen-bond donors (Lipinski definition) is 0. The van der Waals surface area contributed by atoms with Gasteiger partial charge in [0.25, 0.3) is 0 Å². The van der Waals surface area contributed by atoms with E-state index in [1.807, 2.05) is 18.3 Å². The Bertz CT molecular complexity index is 3150. The van der Waals surface area contributed by atoms with Crippen LogP contribution in [0.3, 0.4) is 0 Å². The van der Waals surface area contributed by atoms with Crippen molar-refractivity contribution in [1.82, 2.24) is 15.0 Å². The second-order valence-corrected chi connectivity index (χ2v) is 13.6. The highest BCUT2D eigenvalue weighted by atomic mass is 14.9. The summed E-state index contributed by atoms with van der Waals surface area (Å²) in [7, 11) is 0. The molecule has 0 atom stereocenters. The minimum absolute atomic E-state index is 0.681. The molecule has 0 aliphatic carbocycles. The summed E-state index contributed by atoms with van der Waals surface area (Å²) in [6.45, 7) is 0. The fraction of sp³-hybridized carbons (Fsp3) is 0. The third kappa shape index (κ3) is 4.43. The third-order valence-corrected chi connectivity index (χ3v) is 10.7. The lowest BCUT2D eigenvalue weighted by atomic mass is 9.87. The Labute approximate surface area is 299 Å². The van der Waals surface area contributed by atoms with Crippen LogP contribution in [0.25, 0.3) is 110 Å². The molecule has 0 spiro atoms. The van der Waals surface area contributed by atoms with Crippen LogP contribution in [0.4, 0.5) is 0 Å². The van der Waals surface area contributed by atoms with Crippen molar-refractivity contribution in [3.63, 3.8) is 0 Å². The summed E-state index contributed by atoms with van der Waals surface area (Å²) in [6.07, 6.45) is 3.67. The van der Waals surface area contributed by atoms with Gasteiger partial charge < -0.3 is 0 Å². The van der Waals surface area contributed by atoms with E-state index in [9.17, 15) is 0 Å². The van der Waals surface area contributed by atoms with Crippen molar-refractivity contribution >= 4 is 64.6 Å². The van der Waals surface area contributed by atoms with Crippen LogP contribution in [0.2, 0.25) is 0 Å². The molecule has 240 valence electrons. The predicted octanol–water partition coefficient (Wildman–Crippen LogP) is 12.9. The normalized spacial score (nSPS) is 11.8. The van der Waals surface area contributed by atoms with Gasteiger partial charge in [-0.15, -0.1) is 0 Å². The first-order valence-electron chi connectivity index (χ1n) is 17.7. The van der Waals surface area contributed by atoms with E-state index in [1.165, 1.54) is 70.2 Å². The summed E-state index contributed by atoms with van der Waals surface area (Å²) >= 11 is 0. The highest BCUT2D eigenvalue weighted by molar-refractivity contribution is 6.37. The average molecular weight is 660 g/mol. The second kappa shape index (κ2) is 11.3. The van der Waals surface area contributed by atoms with E-state index in [0.29, 0.717) is 5.82 Å². The minimum atomic E-state index is 0.681. The third-order valence-electron chi connectivity index (χ3n) is 10.7. The summed E-state index contributed by atoms with van der Waals surface area (Å²) in [5.41, 5.74) is 7.01. The molecule has 11 aromatic rings. The first kappa shape index (κ1) is 28.8. The predicted molar refractivity (Wildman–Crippen MR) is 218 cm³/mol. The lowest BCUT2D eigenvalue weighted by Crippen LogP contribution is -1.97. The number of fused-ring (bicyclic) bond motifs is 2. The highest BCUT2D eigenvalue weighted by Crippen LogP contribution is 2.44. The molecular weight excluding hydrogens is 631 g/mol. The lowest BCUT2D eigenvalue weighted by molar-refractivity contribution is 1.18. The van der Waals surface area contributed by atoms with E-state index < -0.39 is 0 Å². The van der Waals surface area contributed by atoms with E-state index in [1.54, 1.807) is 6.20 Å². The van der Waals surface area contributed by atoms with Gasteiger partial charge in [-0.25, -0.2) is 9.97 Å². The van der Waals surface area contributed by atoms with Crippen LogP contribution in [0.5, 0.6) is 0 Å². The molecule has 0 aliphatic heterocycles. The first-order chi connectivity index (χ1) is 25.8. The maximum Gasteiger partial charge on any atom is 0.160 e. The fourth-order valence-electron chi connectivity index (χ4n) is 8.26. The molecule has 52 heavy (non-hydrogen) atoms. The van der Waals surface area contributed by atoms with Gasteiger partial charge in [-0.1, -0.05) is 133 Å². The second-order valence-electron chi connectivity index (χ2n) is 13.6. The molecule has 0 unspecified atom stereocenters. The van der Waals surface area contributed by atoms with Crippen molar-refractivity contribution in [2.45, 2.75) is 0 Å². The quantitative estimate of drug-likeness (QED) is 0.177. The van der Waals surface area contributed by atoms with Gasteiger partial charge >= 0.3 is 0 Å². The van der Waals surface area contributed by atoms with Crippen LogP contribution in [0.1, 0.15) is 0 Å². The van der Waals surface area contributed by atoms with Gasteiger partial charge in [0, 0.05) is 29.1 Å². The van der Waals surface area contributed by atoms with Crippen molar-refractivity contribution in [3.8, 4) is 45.0 Å². The van der Waals surface area contributed by atoms with Crippen LogP contribution < -0.4 is 0 Å². The maximum atomic E-state index is 5.30. The van der Waals surface area contributed by atoms with Crippen LogP contribution in [0.15, 0.2) is 176 Å². The van der Waals surface area contributed by atoms with Gasteiger partial charge in [0.05, 0.1) is 11.4 Å². The van der Waals surface area contributed by atoms with Crippen LogP contribution in [0, 0.1) is 0 Å². The topological polar surface area (TPSA) is 38.7 Å². The number of aromatic nitrogens is 3. The summed E-state index contributed by atoms with van der Waals surface area (Å²) in [4.78, 5) is 14.8. The molecule has 0 amide bonds. The van der Waals surface area contributed by atoms with Gasteiger partial charge in [0.15, 0.2) is 5.82 Å². The monoisotopic (exact) mass is 659 g/mol. The highest BCUT2D eigenvalue weighted by Gasteiger charge is 2.18. The Hall–Kier alpha value is -6.97. The van der Waals surface area contributed by atoms with E-state index in [-0.39, 0.29) is 0 Å². The van der Waals surface area contributed by atoms with Gasteiger partial charge in [-0.3, -0.25) is 4.98 Å². The van der Waals surface area contributed by atoms with E-state index in [0.717, 1.165) is 33.6 Å². The van der Waals surface area contributed by atoms with Crippen molar-refractivity contribution in [1.29, 1.82) is 0 Å². The molecule has 2 heterocycles. The van der Waals surface area contributed by atoms with Crippen molar-refractivity contribution < 1.29 is 0 Å². The van der Waals surface area contributed by atoms with Crippen LogP contribution in [-0.4, -0.2) is 15.0 Å². The van der Waals surface area contributed by atoms with Gasteiger partial charge in [0.2, 0.25) is 0 Å². The molecule has 0 fully saturated rings. The van der Waals surface area contributed by atoms with Crippen molar-refractivity contribution in [2.24, 2.45) is 0 Å². The summed E-state index contributed by atoms with van der Waals surface area (Å²) in [5.74, 6) is 0.681. The number of nitrogens with zero attached hydrogens (tertiary/aromatic N) is 3. The van der Waals surface area contributed by atoms with Gasteiger partial charge in [-0.05, 0) is 106 Å². The van der Waals surface area contributed by atoms with Crippen LogP contribution >= 0.6 is 0 Å². The standard InChI is InChI=1S/C49H29N3/c1-2-8-30(9-3-1)31-17-22-35(23-18-31)49-51-43(37-13-7-25-50-29-37)28-44(52-49)38-26-36-24-21-34-11-5-15-40-39-14-4-10-32-19-20-33-12-6-16-41(47(33)45(32)39)42(27-38)48(36)46(34)40/h1-29H. The molecule has 0 radical (unpaired) electrons. The zero-order valence-electron chi connectivity index (χ0n) is 28.1. The number of benzene rings is 8. The maximum absolute atomic E-state index is 5.30. The zero-order valence-corrected chi connectivity index (χ0v) is 28.1. The first-order valence-corrected chi connectivity index (χ1v) is 17.7. The smallest absolute Gasteiger partial charge is 0.160 e. The molecule has 0 bridgehead atoms. The van der Waals surface area contributed by atoms with E-state index >= 15 is 0 Å². The molecule has 0 saturated heterocycles. The van der Waals surface area contributed by atoms with E-state index in [4.69, 9.17) is 9.97 Å².